The summed E-state index contributed by atoms with van der Waals surface area (Å²) >= 11 is 0. The molecule has 0 saturated carbocycles. The molecule has 54 valence electrons. The van der Waals surface area contributed by atoms with E-state index in [1.54, 1.807) is 6.21 Å². The largest absolute Gasteiger partial charge is 0.396 e. The molecular weight excluding hydrogens is 118 g/mol. The molecule has 9 heavy (non-hydrogen) atoms. The fourth-order valence-corrected chi connectivity index (χ4v) is 0.363. The fourth-order valence-electron chi connectivity index (χ4n) is 0.363. The zero-order valence-electron chi connectivity index (χ0n) is 5.71. The summed E-state index contributed by atoms with van der Waals surface area (Å²) in [5.74, 6) is 0. The highest BCUT2D eigenvalue weighted by molar-refractivity contribution is 5.56. The Morgan fingerprint density at radius 3 is 3.00 bits per heavy atom. The van der Waals surface area contributed by atoms with Crippen molar-refractivity contribution in [1.82, 2.24) is 0 Å². The maximum Gasteiger partial charge on any atom is 0.114 e. The first-order chi connectivity index (χ1) is 4.41. The topological polar surface area (TPSA) is 41.8 Å². The summed E-state index contributed by atoms with van der Waals surface area (Å²) in [5, 5.41) is 11.9. The van der Waals surface area contributed by atoms with Crippen LogP contribution in [0.5, 0.6) is 0 Å². The molecule has 0 saturated heterocycles. The third-order valence-corrected chi connectivity index (χ3v) is 0.770. The Kier molecular flexibility index (Phi) is 6.96. The fraction of sp³-hybridized carbons (Fsp3) is 0.833. The van der Waals surface area contributed by atoms with Crippen LogP contribution in [0.25, 0.3) is 0 Å². The van der Waals surface area contributed by atoms with Crippen LogP contribution in [0.2, 0.25) is 0 Å². The molecular formula is C6H13NO2. The predicted molar refractivity (Wildman–Crippen MR) is 36.4 cm³/mol. The smallest absolute Gasteiger partial charge is 0.114 e. The Hall–Kier alpha value is -0.570. The van der Waals surface area contributed by atoms with Crippen molar-refractivity contribution in [3.8, 4) is 0 Å². The molecule has 1 N–H and O–H groups in total. The van der Waals surface area contributed by atoms with Gasteiger partial charge in [-0.05, 0) is 19.8 Å². The molecule has 0 radical (unpaired) electrons. The van der Waals surface area contributed by atoms with Crippen molar-refractivity contribution in [3.05, 3.63) is 0 Å². The van der Waals surface area contributed by atoms with E-state index < -0.39 is 0 Å². The van der Waals surface area contributed by atoms with Crippen molar-refractivity contribution < 1.29 is 9.94 Å². The summed E-state index contributed by atoms with van der Waals surface area (Å²) in [4.78, 5) is 4.67. The van der Waals surface area contributed by atoms with E-state index in [0.29, 0.717) is 6.61 Å². The van der Waals surface area contributed by atoms with E-state index in [0.717, 1.165) is 12.8 Å². The average molecular weight is 131 g/mol. The molecule has 0 aromatic carbocycles. The highest BCUT2D eigenvalue weighted by atomic mass is 16.6. The highest BCUT2D eigenvalue weighted by Gasteiger charge is 1.78. The van der Waals surface area contributed by atoms with Crippen molar-refractivity contribution in [2.75, 3.05) is 13.2 Å². The second-order valence-electron chi connectivity index (χ2n) is 1.57. The lowest BCUT2D eigenvalue weighted by Gasteiger charge is -1.89. The molecule has 0 atom stereocenters. The molecule has 0 bridgehead atoms. The number of hydrogen-bond acceptors (Lipinski definition) is 3. The van der Waals surface area contributed by atoms with Gasteiger partial charge in [0.25, 0.3) is 0 Å². The van der Waals surface area contributed by atoms with Crippen LogP contribution in [0.15, 0.2) is 5.16 Å². The minimum atomic E-state index is 0.220. The molecule has 0 rings (SSSR count). The Balaban J connectivity index is 2.86. The second-order valence-corrected chi connectivity index (χ2v) is 1.57. The van der Waals surface area contributed by atoms with Gasteiger partial charge in [-0.1, -0.05) is 5.16 Å². The van der Waals surface area contributed by atoms with Gasteiger partial charge in [-0.25, -0.2) is 0 Å². The van der Waals surface area contributed by atoms with Gasteiger partial charge in [0.15, 0.2) is 0 Å². The standard InChI is InChI=1S/C6H13NO2/c1-2-9-7-5-3-4-6-8/h5,8H,2-4,6H2,1H3/b7-5+. The molecule has 0 aliphatic rings. The van der Waals surface area contributed by atoms with E-state index in [1.165, 1.54) is 0 Å². The maximum absolute atomic E-state index is 8.32. The van der Waals surface area contributed by atoms with E-state index in [9.17, 15) is 0 Å². The summed E-state index contributed by atoms with van der Waals surface area (Å²) in [7, 11) is 0. The molecule has 0 heterocycles. The Morgan fingerprint density at radius 2 is 2.44 bits per heavy atom. The summed E-state index contributed by atoms with van der Waals surface area (Å²) in [5.41, 5.74) is 0. The van der Waals surface area contributed by atoms with Crippen molar-refractivity contribution in [2.24, 2.45) is 5.16 Å². The number of nitrogens with zero attached hydrogens (tertiary/aromatic N) is 1. The van der Waals surface area contributed by atoms with E-state index in [-0.39, 0.29) is 6.61 Å². The van der Waals surface area contributed by atoms with E-state index in [4.69, 9.17) is 5.11 Å². The average Bonchev–Trinajstić information content (AvgIpc) is 1.89. The van der Waals surface area contributed by atoms with E-state index in [2.05, 4.69) is 9.99 Å². The van der Waals surface area contributed by atoms with Crippen LogP contribution in [0.1, 0.15) is 19.8 Å². The summed E-state index contributed by atoms with van der Waals surface area (Å²) in [6.45, 7) is 2.71. The van der Waals surface area contributed by atoms with E-state index >= 15 is 0 Å². The van der Waals surface area contributed by atoms with Gasteiger partial charge in [0.1, 0.15) is 6.61 Å². The van der Waals surface area contributed by atoms with Crippen LogP contribution >= 0.6 is 0 Å². The van der Waals surface area contributed by atoms with Crippen molar-refractivity contribution >= 4 is 6.21 Å². The first kappa shape index (κ1) is 8.43. The summed E-state index contributed by atoms with van der Waals surface area (Å²) < 4.78 is 0. The quantitative estimate of drug-likeness (QED) is 0.340. The first-order valence-electron chi connectivity index (χ1n) is 3.16. The zero-order valence-corrected chi connectivity index (χ0v) is 5.71. The summed E-state index contributed by atoms with van der Waals surface area (Å²) in [6, 6.07) is 0. The third kappa shape index (κ3) is 7.43. The number of aliphatic hydroxyl groups excluding tert-OH is 1. The lowest BCUT2D eigenvalue weighted by Crippen LogP contribution is -1.84. The van der Waals surface area contributed by atoms with E-state index in [1.807, 2.05) is 6.92 Å². The second kappa shape index (κ2) is 7.43. The third-order valence-electron chi connectivity index (χ3n) is 0.770. The lowest BCUT2D eigenvalue weighted by atomic mass is 10.3. The minimum absolute atomic E-state index is 0.220. The van der Waals surface area contributed by atoms with Gasteiger partial charge >= 0.3 is 0 Å². The normalized spacial score (nSPS) is 10.4. The molecule has 0 amide bonds. The molecule has 0 aliphatic carbocycles. The molecule has 0 aliphatic heterocycles. The minimum Gasteiger partial charge on any atom is -0.396 e. The Labute approximate surface area is 55.3 Å². The molecule has 0 spiro atoms. The molecule has 0 unspecified atom stereocenters. The number of oxime groups is 1. The first-order valence-corrected chi connectivity index (χ1v) is 3.16. The SMILES string of the molecule is CCO/N=C/CCCO. The maximum atomic E-state index is 8.32. The zero-order chi connectivity index (χ0) is 6.95. The van der Waals surface area contributed by atoms with Gasteiger partial charge in [0.2, 0.25) is 0 Å². The number of unbranched alkanes of at least 4 members (excludes halogenated alkanes) is 1. The van der Waals surface area contributed by atoms with Crippen molar-refractivity contribution in [1.29, 1.82) is 0 Å². The van der Waals surface area contributed by atoms with Crippen molar-refractivity contribution in [2.45, 2.75) is 19.8 Å². The molecule has 0 aromatic heterocycles. The van der Waals surface area contributed by atoms with Crippen LogP contribution in [0, 0.1) is 0 Å². The van der Waals surface area contributed by atoms with Crippen molar-refractivity contribution in [3.63, 3.8) is 0 Å². The molecule has 0 aromatic rings. The molecule has 0 fully saturated rings. The van der Waals surface area contributed by atoms with Gasteiger partial charge in [-0.3, -0.25) is 0 Å². The van der Waals surface area contributed by atoms with Crippen LogP contribution in [-0.4, -0.2) is 24.5 Å². The Bertz CT molecular complexity index is 73.5. The van der Waals surface area contributed by atoms with Crippen LogP contribution in [0.4, 0.5) is 0 Å². The van der Waals surface area contributed by atoms with Crippen LogP contribution < -0.4 is 0 Å². The van der Waals surface area contributed by atoms with Gasteiger partial charge in [-0.15, -0.1) is 0 Å². The van der Waals surface area contributed by atoms with Gasteiger partial charge in [0.05, 0.1) is 0 Å². The number of rotatable bonds is 5. The Morgan fingerprint density at radius 1 is 1.67 bits per heavy atom. The monoisotopic (exact) mass is 131 g/mol. The molecule has 3 nitrogen and oxygen atoms in total. The number of aliphatic hydroxyl groups is 1. The van der Waals surface area contributed by atoms with Gasteiger partial charge in [0, 0.05) is 12.8 Å². The van der Waals surface area contributed by atoms with Crippen LogP contribution in [0.3, 0.4) is 0 Å². The highest BCUT2D eigenvalue weighted by Crippen LogP contribution is 1.82. The molecule has 3 heteroatoms. The van der Waals surface area contributed by atoms with Crippen LogP contribution in [-0.2, 0) is 4.84 Å². The predicted octanol–water partition coefficient (Wildman–Crippen LogP) is 0.781. The summed E-state index contributed by atoms with van der Waals surface area (Å²) in [6.07, 6.45) is 3.22. The lowest BCUT2D eigenvalue weighted by molar-refractivity contribution is 0.159. The van der Waals surface area contributed by atoms with Gasteiger partial charge in [-0.2, -0.15) is 0 Å². The number of hydrogen-bond donors (Lipinski definition) is 1. The van der Waals surface area contributed by atoms with Gasteiger partial charge < -0.3 is 9.94 Å².